The summed E-state index contributed by atoms with van der Waals surface area (Å²) in [5.41, 5.74) is 1.16. The summed E-state index contributed by atoms with van der Waals surface area (Å²) in [4.78, 5) is 29.0. The number of likely N-dealkylation sites (N-methyl/N-ethyl adjacent to an activating group) is 1. The Balaban J connectivity index is 1.68. The molecule has 0 N–H and O–H groups in total. The number of ether oxygens (including phenoxy) is 2. The van der Waals surface area contributed by atoms with Crippen molar-refractivity contribution in [3.8, 4) is 5.75 Å². The standard InChI is InChI=1S/C29H36N2O5/c1-5-15-31-16-14-28(24-7-6-8-26(18-24)36-22(2)32)19-25(11-13-29(28,21-31)34-4)30(3)27(33)10-9-23-12-17-35-20-23/h5-10,12,17-18,20,25H,1,11,13-16,19,21H2,2-4H3/b10-9+/t25-,28+,29+/m1/s1. The monoisotopic (exact) mass is 492 g/mol. The molecule has 0 spiro atoms. The van der Waals surface area contributed by atoms with Crippen LogP contribution in [0.2, 0.25) is 0 Å². The summed E-state index contributed by atoms with van der Waals surface area (Å²) in [6.07, 6.45) is 11.8. The number of rotatable bonds is 8. The average Bonchev–Trinajstić information content (AvgIpc) is 3.40. The van der Waals surface area contributed by atoms with Gasteiger partial charge in [-0.15, -0.1) is 6.58 Å². The summed E-state index contributed by atoms with van der Waals surface area (Å²) >= 11 is 0. The zero-order valence-electron chi connectivity index (χ0n) is 21.4. The van der Waals surface area contributed by atoms with Gasteiger partial charge in [-0.1, -0.05) is 18.2 Å². The Bertz CT molecular complexity index is 1110. The van der Waals surface area contributed by atoms with E-state index in [0.717, 1.165) is 56.4 Å². The first-order chi connectivity index (χ1) is 17.3. The van der Waals surface area contributed by atoms with Gasteiger partial charge >= 0.3 is 5.97 Å². The summed E-state index contributed by atoms with van der Waals surface area (Å²) in [5, 5.41) is 0. The number of hydrogen-bond donors (Lipinski definition) is 0. The van der Waals surface area contributed by atoms with Crippen LogP contribution in [0.25, 0.3) is 6.08 Å². The minimum absolute atomic E-state index is 0.0399. The Hall–Kier alpha value is -3.16. The lowest BCUT2D eigenvalue weighted by atomic mass is 9.55. The van der Waals surface area contributed by atoms with Crippen LogP contribution in [0, 0.1) is 0 Å². The predicted octanol–water partition coefficient (Wildman–Crippen LogP) is 4.44. The minimum Gasteiger partial charge on any atom is -0.472 e. The van der Waals surface area contributed by atoms with Gasteiger partial charge in [-0.2, -0.15) is 0 Å². The van der Waals surface area contributed by atoms with E-state index in [1.165, 1.54) is 6.92 Å². The van der Waals surface area contributed by atoms with Gasteiger partial charge in [-0.25, -0.2) is 0 Å². The highest BCUT2D eigenvalue weighted by atomic mass is 16.5. The number of carbonyl (C=O) groups excluding carboxylic acids is 2. The van der Waals surface area contributed by atoms with E-state index in [-0.39, 0.29) is 23.3 Å². The molecule has 2 aliphatic rings. The molecule has 36 heavy (non-hydrogen) atoms. The van der Waals surface area contributed by atoms with Crippen LogP contribution in [-0.2, 0) is 19.7 Å². The first kappa shape index (κ1) is 25.9. The number of furan rings is 1. The van der Waals surface area contributed by atoms with Gasteiger partial charge in [0.2, 0.25) is 5.91 Å². The van der Waals surface area contributed by atoms with Crippen molar-refractivity contribution in [2.24, 2.45) is 0 Å². The fourth-order valence-electron chi connectivity index (χ4n) is 6.09. The summed E-state index contributed by atoms with van der Waals surface area (Å²) in [7, 11) is 3.67. The van der Waals surface area contributed by atoms with E-state index < -0.39 is 5.60 Å². The van der Waals surface area contributed by atoms with Gasteiger partial charge in [-0.05, 0) is 62.1 Å². The predicted molar refractivity (Wildman–Crippen MR) is 139 cm³/mol. The van der Waals surface area contributed by atoms with Crippen molar-refractivity contribution in [3.05, 3.63) is 72.7 Å². The summed E-state index contributed by atoms with van der Waals surface area (Å²) in [5.74, 6) is 0.140. The molecule has 4 rings (SSSR count). The molecule has 3 atom stereocenters. The number of esters is 1. The molecule has 1 saturated carbocycles. The highest BCUT2D eigenvalue weighted by Crippen LogP contribution is 2.54. The van der Waals surface area contributed by atoms with Crippen LogP contribution in [0.5, 0.6) is 5.75 Å². The molecule has 1 saturated heterocycles. The Kier molecular flexibility index (Phi) is 7.81. The van der Waals surface area contributed by atoms with Crippen LogP contribution >= 0.6 is 0 Å². The molecule has 0 unspecified atom stereocenters. The van der Waals surface area contributed by atoms with E-state index >= 15 is 0 Å². The first-order valence-corrected chi connectivity index (χ1v) is 12.5. The van der Waals surface area contributed by atoms with E-state index in [4.69, 9.17) is 13.9 Å². The third-order valence-corrected chi connectivity index (χ3v) is 7.95. The van der Waals surface area contributed by atoms with Gasteiger partial charge in [0.25, 0.3) is 0 Å². The molecular weight excluding hydrogens is 456 g/mol. The number of hydrogen-bond acceptors (Lipinski definition) is 6. The van der Waals surface area contributed by atoms with Crippen LogP contribution in [0.1, 0.15) is 43.7 Å². The summed E-state index contributed by atoms with van der Waals surface area (Å²) < 4.78 is 17.0. The molecule has 2 aromatic rings. The zero-order chi connectivity index (χ0) is 25.8. The molecule has 1 aromatic heterocycles. The normalized spacial score (nSPS) is 26.4. The number of likely N-dealkylation sites (tertiary alicyclic amines) is 1. The average molecular weight is 493 g/mol. The van der Waals surface area contributed by atoms with Crippen molar-refractivity contribution in [1.82, 2.24) is 9.80 Å². The molecule has 192 valence electrons. The van der Waals surface area contributed by atoms with Crippen molar-refractivity contribution in [3.63, 3.8) is 0 Å². The number of fused-ring (bicyclic) bond motifs is 1. The SMILES string of the molecule is C=CCN1CC[C@@]2(c3cccc(OC(C)=O)c3)C[C@H](N(C)C(=O)/C=C/c3ccoc3)CC[C@]2(OC)C1. The first-order valence-electron chi connectivity index (χ1n) is 12.5. The Labute approximate surface area is 213 Å². The highest BCUT2D eigenvalue weighted by Gasteiger charge is 2.59. The largest absolute Gasteiger partial charge is 0.472 e. The zero-order valence-corrected chi connectivity index (χ0v) is 21.4. The molecule has 1 amide bonds. The maximum atomic E-state index is 13.1. The Morgan fingerprint density at radius 3 is 2.83 bits per heavy atom. The topological polar surface area (TPSA) is 72.2 Å². The van der Waals surface area contributed by atoms with Crippen molar-refractivity contribution in [2.75, 3.05) is 33.8 Å². The molecule has 7 heteroatoms. The Morgan fingerprint density at radius 1 is 1.31 bits per heavy atom. The van der Waals surface area contributed by atoms with E-state index in [1.54, 1.807) is 37.9 Å². The van der Waals surface area contributed by atoms with E-state index in [2.05, 4.69) is 17.5 Å². The lowest BCUT2D eigenvalue weighted by molar-refractivity contribution is -0.157. The van der Waals surface area contributed by atoms with E-state index in [1.807, 2.05) is 36.2 Å². The van der Waals surface area contributed by atoms with Crippen LogP contribution < -0.4 is 4.74 Å². The van der Waals surface area contributed by atoms with E-state index in [9.17, 15) is 9.59 Å². The van der Waals surface area contributed by atoms with E-state index in [0.29, 0.717) is 5.75 Å². The lowest BCUT2D eigenvalue weighted by Gasteiger charge is -2.60. The smallest absolute Gasteiger partial charge is 0.308 e. The molecule has 0 radical (unpaired) electrons. The fraction of sp³-hybridized carbons (Fsp3) is 0.448. The number of methoxy groups -OCH3 is 1. The van der Waals surface area contributed by atoms with Crippen LogP contribution in [0.4, 0.5) is 0 Å². The second kappa shape index (κ2) is 10.8. The third kappa shape index (κ3) is 5.04. The second-order valence-electron chi connectivity index (χ2n) is 9.91. The maximum absolute atomic E-state index is 13.1. The van der Waals surface area contributed by atoms with Crippen molar-refractivity contribution < 1.29 is 23.5 Å². The van der Waals surface area contributed by atoms with Gasteiger partial charge in [0.05, 0.1) is 18.1 Å². The minimum atomic E-state index is -0.434. The molecule has 2 fully saturated rings. The number of carbonyl (C=O) groups is 2. The molecule has 2 heterocycles. The number of amides is 1. The molecule has 1 aliphatic heterocycles. The second-order valence-corrected chi connectivity index (χ2v) is 9.91. The summed E-state index contributed by atoms with van der Waals surface area (Å²) in [6, 6.07) is 9.68. The van der Waals surface area contributed by atoms with Gasteiger partial charge in [-0.3, -0.25) is 14.5 Å². The van der Waals surface area contributed by atoms with Crippen molar-refractivity contribution in [2.45, 2.75) is 49.7 Å². The number of nitrogens with zero attached hydrogens (tertiary/aromatic N) is 2. The molecule has 0 bridgehead atoms. The third-order valence-electron chi connectivity index (χ3n) is 7.95. The number of piperidine rings is 1. The van der Waals surface area contributed by atoms with Crippen LogP contribution in [0.3, 0.4) is 0 Å². The molecule has 1 aliphatic carbocycles. The Morgan fingerprint density at radius 2 is 2.14 bits per heavy atom. The molecule has 1 aromatic carbocycles. The van der Waals surface area contributed by atoms with Crippen LogP contribution in [-0.4, -0.2) is 67.1 Å². The quantitative estimate of drug-likeness (QED) is 0.235. The van der Waals surface area contributed by atoms with Crippen molar-refractivity contribution in [1.29, 1.82) is 0 Å². The van der Waals surface area contributed by atoms with Gasteiger partial charge in [0.15, 0.2) is 0 Å². The molecular formula is C29H36N2O5. The fourth-order valence-corrected chi connectivity index (χ4v) is 6.09. The number of benzene rings is 1. The highest BCUT2D eigenvalue weighted by molar-refractivity contribution is 5.91. The lowest BCUT2D eigenvalue weighted by Crippen LogP contribution is -2.68. The maximum Gasteiger partial charge on any atom is 0.308 e. The van der Waals surface area contributed by atoms with Crippen molar-refractivity contribution >= 4 is 18.0 Å². The molecule has 7 nitrogen and oxygen atoms in total. The van der Waals surface area contributed by atoms with Gasteiger partial charge in [0, 0.05) is 57.3 Å². The van der Waals surface area contributed by atoms with Crippen LogP contribution in [0.15, 0.2) is 66.0 Å². The van der Waals surface area contributed by atoms with Gasteiger partial charge in [0.1, 0.15) is 5.75 Å². The summed E-state index contributed by atoms with van der Waals surface area (Å²) in [6.45, 7) is 7.80. The van der Waals surface area contributed by atoms with Gasteiger partial charge < -0.3 is 18.8 Å².